The van der Waals surface area contributed by atoms with Gasteiger partial charge in [-0.2, -0.15) is 5.10 Å². The molecular weight excluding hydrogens is 511 g/mol. The largest absolute Gasteiger partial charge is 0.495 e. The fourth-order valence-corrected chi connectivity index (χ4v) is 4.29. The lowest BCUT2D eigenvalue weighted by Crippen LogP contribution is -2.22. The lowest BCUT2D eigenvalue weighted by molar-refractivity contribution is -0.384. The lowest BCUT2D eigenvalue weighted by Gasteiger charge is -2.13. The molecule has 0 radical (unpaired) electrons. The Morgan fingerprint density at radius 1 is 1.14 bits per heavy atom. The topological polar surface area (TPSA) is 136 Å². The summed E-state index contributed by atoms with van der Waals surface area (Å²) in [4.78, 5) is 36.0. The van der Waals surface area contributed by atoms with Crippen LogP contribution in [0.4, 0.5) is 11.4 Å². The van der Waals surface area contributed by atoms with Gasteiger partial charge in [-0.25, -0.2) is 5.43 Å². The van der Waals surface area contributed by atoms with E-state index in [-0.39, 0.29) is 22.0 Å². The number of amides is 2. The van der Waals surface area contributed by atoms with Crippen LogP contribution < -0.4 is 15.5 Å². The van der Waals surface area contributed by atoms with Crippen molar-refractivity contribution in [1.29, 1.82) is 0 Å². The van der Waals surface area contributed by atoms with Crippen LogP contribution in [0.5, 0.6) is 5.75 Å². The number of carbonyl (C=O) groups is 2. The summed E-state index contributed by atoms with van der Waals surface area (Å²) in [6.07, 6.45) is 1.84. The van der Waals surface area contributed by atoms with Gasteiger partial charge in [-0.1, -0.05) is 23.2 Å². The molecule has 0 saturated carbocycles. The summed E-state index contributed by atoms with van der Waals surface area (Å²) in [5.41, 5.74) is 4.22. The first kappa shape index (κ1) is 25.2. The molecule has 3 aromatic rings. The molecule has 36 heavy (non-hydrogen) atoms. The SMILES string of the molecule is COc1ccc(Cl)cc1NC(=O)c1oc2c(c1C)/C(=N/NC(=O)c1ccc(Cl)c([N+](=O)[O-])c1)CCC2. The van der Waals surface area contributed by atoms with E-state index in [0.717, 1.165) is 6.07 Å². The summed E-state index contributed by atoms with van der Waals surface area (Å²) in [6, 6.07) is 8.58. The van der Waals surface area contributed by atoms with E-state index >= 15 is 0 Å². The molecule has 2 aromatic carbocycles. The standard InChI is InChI=1S/C24H20Cl2N4O6/c1-12-21-16(28-29-23(31)13-6-8-15(26)18(10-13)30(33)34)4-3-5-20(21)36-22(12)24(32)27-17-11-14(25)7-9-19(17)35-2/h6-11H,3-5H2,1-2H3,(H,27,32)(H,29,31)/b28-16+. The van der Waals surface area contributed by atoms with Crippen LogP contribution in [0.1, 0.15) is 50.6 Å². The van der Waals surface area contributed by atoms with Crippen molar-refractivity contribution >= 4 is 52.1 Å². The molecule has 0 unspecified atom stereocenters. The number of aryl methyl sites for hydroxylation is 1. The third-order valence-electron chi connectivity index (χ3n) is 5.64. The van der Waals surface area contributed by atoms with Crippen molar-refractivity contribution in [3.63, 3.8) is 0 Å². The van der Waals surface area contributed by atoms with Crippen molar-refractivity contribution in [3.8, 4) is 5.75 Å². The van der Waals surface area contributed by atoms with E-state index in [4.69, 9.17) is 32.4 Å². The zero-order valence-corrected chi connectivity index (χ0v) is 20.7. The number of nitrogens with zero attached hydrogens (tertiary/aromatic N) is 2. The van der Waals surface area contributed by atoms with E-state index in [2.05, 4.69) is 15.8 Å². The molecule has 0 spiro atoms. The minimum Gasteiger partial charge on any atom is -0.495 e. The van der Waals surface area contributed by atoms with Gasteiger partial charge in [0.15, 0.2) is 5.76 Å². The number of halogens is 2. The lowest BCUT2D eigenvalue weighted by atomic mass is 9.93. The Bertz CT molecular complexity index is 1420. The summed E-state index contributed by atoms with van der Waals surface area (Å²) in [7, 11) is 1.48. The number of hydrazone groups is 1. The number of hydrogen-bond donors (Lipinski definition) is 2. The molecule has 2 amide bonds. The third-order valence-corrected chi connectivity index (χ3v) is 6.19. The molecule has 0 bridgehead atoms. The first-order valence-electron chi connectivity index (χ1n) is 10.8. The number of rotatable bonds is 6. The van der Waals surface area contributed by atoms with Crippen molar-refractivity contribution in [3.05, 3.63) is 84.8 Å². The van der Waals surface area contributed by atoms with Crippen LogP contribution in [0.2, 0.25) is 10.0 Å². The molecule has 1 aromatic heterocycles. The Balaban J connectivity index is 1.58. The number of nitro benzene ring substituents is 1. The molecule has 0 atom stereocenters. The van der Waals surface area contributed by atoms with E-state index in [0.29, 0.717) is 58.3 Å². The fraction of sp³-hybridized carbons (Fsp3) is 0.208. The van der Waals surface area contributed by atoms with Gasteiger partial charge in [-0.05, 0) is 50.1 Å². The molecule has 1 heterocycles. The van der Waals surface area contributed by atoms with Gasteiger partial charge in [-0.3, -0.25) is 19.7 Å². The van der Waals surface area contributed by atoms with Crippen LogP contribution in [0.3, 0.4) is 0 Å². The highest BCUT2D eigenvalue weighted by Gasteiger charge is 2.28. The van der Waals surface area contributed by atoms with Gasteiger partial charge in [0.1, 0.15) is 16.5 Å². The molecule has 12 heteroatoms. The highest BCUT2D eigenvalue weighted by molar-refractivity contribution is 6.32. The van der Waals surface area contributed by atoms with Gasteiger partial charge in [0, 0.05) is 34.2 Å². The maximum absolute atomic E-state index is 13.0. The molecule has 0 saturated heterocycles. The second-order valence-electron chi connectivity index (χ2n) is 7.93. The Labute approximate surface area is 215 Å². The molecule has 0 aliphatic heterocycles. The van der Waals surface area contributed by atoms with Crippen LogP contribution >= 0.6 is 23.2 Å². The van der Waals surface area contributed by atoms with E-state index in [1.165, 1.54) is 19.2 Å². The number of anilines is 1. The molecular formula is C24H20Cl2N4O6. The normalized spacial score (nSPS) is 13.7. The number of carbonyl (C=O) groups excluding carboxylic acids is 2. The summed E-state index contributed by atoms with van der Waals surface area (Å²) in [5, 5.41) is 18.5. The maximum atomic E-state index is 13.0. The summed E-state index contributed by atoms with van der Waals surface area (Å²) >= 11 is 11.9. The van der Waals surface area contributed by atoms with Gasteiger partial charge in [0.2, 0.25) is 0 Å². The molecule has 2 N–H and O–H groups in total. The van der Waals surface area contributed by atoms with Gasteiger partial charge in [0.05, 0.1) is 23.4 Å². The minimum absolute atomic E-state index is 0.0333. The van der Waals surface area contributed by atoms with Crippen molar-refractivity contribution in [2.45, 2.75) is 26.2 Å². The molecule has 1 aliphatic carbocycles. The fourth-order valence-electron chi connectivity index (χ4n) is 3.93. The Hall–Kier alpha value is -3.89. The average Bonchev–Trinajstić information content (AvgIpc) is 3.20. The zero-order chi connectivity index (χ0) is 26.0. The number of nitro groups is 1. The van der Waals surface area contributed by atoms with Crippen molar-refractivity contribution < 1.29 is 23.7 Å². The van der Waals surface area contributed by atoms with Gasteiger partial charge < -0.3 is 14.5 Å². The summed E-state index contributed by atoms with van der Waals surface area (Å²) < 4.78 is 11.2. The van der Waals surface area contributed by atoms with Crippen LogP contribution in [-0.4, -0.2) is 29.6 Å². The van der Waals surface area contributed by atoms with Gasteiger partial charge >= 0.3 is 0 Å². The average molecular weight is 531 g/mol. The Kier molecular flexibility index (Phi) is 7.27. The van der Waals surface area contributed by atoms with E-state index in [1.54, 1.807) is 25.1 Å². The second-order valence-corrected chi connectivity index (χ2v) is 8.77. The van der Waals surface area contributed by atoms with Gasteiger partial charge in [0.25, 0.3) is 17.5 Å². The van der Waals surface area contributed by atoms with Crippen molar-refractivity contribution in [2.24, 2.45) is 5.10 Å². The molecule has 0 fully saturated rings. The van der Waals surface area contributed by atoms with E-state index < -0.39 is 16.7 Å². The monoisotopic (exact) mass is 530 g/mol. The van der Waals surface area contributed by atoms with Gasteiger partial charge in [-0.15, -0.1) is 0 Å². The Morgan fingerprint density at radius 3 is 2.64 bits per heavy atom. The van der Waals surface area contributed by atoms with E-state index in [1.807, 2.05) is 0 Å². The number of benzene rings is 2. The molecule has 1 aliphatic rings. The quantitative estimate of drug-likeness (QED) is 0.317. The van der Waals surface area contributed by atoms with Crippen LogP contribution in [0.25, 0.3) is 0 Å². The van der Waals surface area contributed by atoms with Crippen LogP contribution in [0, 0.1) is 17.0 Å². The highest BCUT2D eigenvalue weighted by atomic mass is 35.5. The number of hydrogen-bond acceptors (Lipinski definition) is 7. The molecule has 10 nitrogen and oxygen atoms in total. The minimum atomic E-state index is -0.668. The first-order valence-corrected chi connectivity index (χ1v) is 11.5. The third kappa shape index (κ3) is 5.05. The van der Waals surface area contributed by atoms with Crippen molar-refractivity contribution in [2.75, 3.05) is 12.4 Å². The smallest absolute Gasteiger partial charge is 0.291 e. The van der Waals surface area contributed by atoms with E-state index in [9.17, 15) is 19.7 Å². The first-order chi connectivity index (χ1) is 17.2. The number of furan rings is 1. The summed E-state index contributed by atoms with van der Waals surface area (Å²) in [5.74, 6) is 0.00312. The molecule has 4 rings (SSSR count). The summed E-state index contributed by atoms with van der Waals surface area (Å²) in [6.45, 7) is 1.73. The highest BCUT2D eigenvalue weighted by Crippen LogP contribution is 2.32. The predicted octanol–water partition coefficient (Wildman–Crippen LogP) is 5.53. The second kappa shape index (κ2) is 10.4. The van der Waals surface area contributed by atoms with Crippen LogP contribution in [0.15, 0.2) is 45.9 Å². The predicted molar refractivity (Wildman–Crippen MR) is 134 cm³/mol. The van der Waals surface area contributed by atoms with Crippen LogP contribution in [-0.2, 0) is 6.42 Å². The number of fused-ring (bicyclic) bond motifs is 1. The number of nitrogens with one attached hydrogen (secondary N) is 2. The number of methoxy groups -OCH3 is 1. The Morgan fingerprint density at radius 2 is 1.92 bits per heavy atom. The van der Waals surface area contributed by atoms with Crippen molar-refractivity contribution in [1.82, 2.24) is 5.43 Å². The number of ether oxygens (including phenoxy) is 1. The maximum Gasteiger partial charge on any atom is 0.291 e. The zero-order valence-electron chi connectivity index (χ0n) is 19.2. The molecule has 186 valence electrons.